The lowest BCUT2D eigenvalue weighted by atomic mass is 10.1. The van der Waals surface area contributed by atoms with E-state index < -0.39 is 5.97 Å². The smallest absolute Gasteiger partial charge is 0.337 e. The molecule has 0 bridgehead atoms. The summed E-state index contributed by atoms with van der Waals surface area (Å²) in [5.41, 5.74) is 4.06. The zero-order valence-corrected chi connectivity index (χ0v) is 12.0. The van der Waals surface area contributed by atoms with E-state index >= 15 is 0 Å². The fourth-order valence-electron chi connectivity index (χ4n) is 2.63. The Kier molecular flexibility index (Phi) is 3.22. The van der Waals surface area contributed by atoms with Crippen molar-refractivity contribution in [1.29, 1.82) is 0 Å². The van der Waals surface area contributed by atoms with E-state index in [-0.39, 0.29) is 0 Å². The molecule has 4 heteroatoms. The van der Waals surface area contributed by atoms with Crippen molar-refractivity contribution in [2.24, 2.45) is 0 Å². The predicted molar refractivity (Wildman–Crippen MR) is 81.7 cm³/mol. The SMILES string of the molecule is Cc1ccccc1Cn1c(C)nc2cccc(C(=O)O)c21. The molecule has 106 valence electrons. The number of hydrogen-bond donors (Lipinski definition) is 1. The molecule has 0 amide bonds. The Labute approximate surface area is 122 Å². The molecule has 2 aromatic carbocycles. The van der Waals surface area contributed by atoms with Gasteiger partial charge in [0.05, 0.1) is 16.6 Å². The fourth-order valence-corrected chi connectivity index (χ4v) is 2.63. The fraction of sp³-hybridized carbons (Fsp3) is 0.176. The largest absolute Gasteiger partial charge is 0.478 e. The van der Waals surface area contributed by atoms with Crippen molar-refractivity contribution in [2.75, 3.05) is 0 Å². The molecule has 0 fully saturated rings. The van der Waals surface area contributed by atoms with E-state index in [1.165, 1.54) is 11.1 Å². The molecule has 3 rings (SSSR count). The van der Waals surface area contributed by atoms with Crippen molar-refractivity contribution < 1.29 is 9.90 Å². The molecule has 0 radical (unpaired) electrons. The molecule has 1 N–H and O–H groups in total. The van der Waals surface area contributed by atoms with Crippen molar-refractivity contribution in [1.82, 2.24) is 9.55 Å². The number of aromatic carboxylic acids is 1. The molecule has 0 atom stereocenters. The van der Waals surface area contributed by atoms with Gasteiger partial charge in [0.15, 0.2) is 0 Å². The summed E-state index contributed by atoms with van der Waals surface area (Å²) in [5, 5.41) is 9.40. The lowest BCUT2D eigenvalue weighted by molar-refractivity contribution is 0.0698. The first-order valence-electron chi connectivity index (χ1n) is 6.81. The van der Waals surface area contributed by atoms with E-state index in [0.29, 0.717) is 17.6 Å². The Balaban J connectivity index is 2.20. The van der Waals surface area contributed by atoms with Crippen LogP contribution < -0.4 is 0 Å². The molecule has 21 heavy (non-hydrogen) atoms. The van der Waals surface area contributed by atoms with Gasteiger partial charge < -0.3 is 9.67 Å². The van der Waals surface area contributed by atoms with E-state index in [9.17, 15) is 9.90 Å². The second-order valence-electron chi connectivity index (χ2n) is 5.15. The van der Waals surface area contributed by atoms with E-state index in [1.807, 2.05) is 29.7 Å². The third-order valence-electron chi connectivity index (χ3n) is 3.78. The Bertz CT molecular complexity index is 834. The molecule has 0 saturated carbocycles. The van der Waals surface area contributed by atoms with Gasteiger partial charge in [0, 0.05) is 6.54 Å². The van der Waals surface area contributed by atoms with Crippen molar-refractivity contribution in [2.45, 2.75) is 20.4 Å². The van der Waals surface area contributed by atoms with Crippen LogP contribution in [-0.2, 0) is 6.54 Å². The zero-order chi connectivity index (χ0) is 15.0. The van der Waals surface area contributed by atoms with Crippen LogP contribution in [0.25, 0.3) is 11.0 Å². The summed E-state index contributed by atoms with van der Waals surface area (Å²) in [6, 6.07) is 13.3. The number of aromatic nitrogens is 2. The Morgan fingerprint density at radius 3 is 2.62 bits per heavy atom. The molecule has 3 aromatic rings. The molecule has 1 heterocycles. The van der Waals surface area contributed by atoms with Gasteiger partial charge in [0.2, 0.25) is 0 Å². The number of aryl methyl sites for hydroxylation is 2. The first-order valence-corrected chi connectivity index (χ1v) is 6.81. The minimum atomic E-state index is -0.925. The van der Waals surface area contributed by atoms with Crippen LogP contribution >= 0.6 is 0 Å². The number of carbonyl (C=O) groups is 1. The number of hydrogen-bond acceptors (Lipinski definition) is 2. The number of imidazole rings is 1. The summed E-state index contributed by atoms with van der Waals surface area (Å²) >= 11 is 0. The molecule has 0 aliphatic heterocycles. The van der Waals surface area contributed by atoms with Crippen LogP contribution in [0.4, 0.5) is 0 Å². The Morgan fingerprint density at radius 2 is 1.90 bits per heavy atom. The van der Waals surface area contributed by atoms with Gasteiger partial charge in [-0.1, -0.05) is 30.3 Å². The van der Waals surface area contributed by atoms with E-state index in [0.717, 1.165) is 11.3 Å². The van der Waals surface area contributed by atoms with Gasteiger partial charge >= 0.3 is 5.97 Å². The molecule has 0 unspecified atom stereocenters. The third kappa shape index (κ3) is 2.29. The summed E-state index contributed by atoms with van der Waals surface area (Å²) in [4.78, 5) is 15.9. The van der Waals surface area contributed by atoms with Crippen molar-refractivity contribution in [3.8, 4) is 0 Å². The van der Waals surface area contributed by atoms with E-state index in [2.05, 4.69) is 24.0 Å². The number of fused-ring (bicyclic) bond motifs is 1. The van der Waals surface area contributed by atoms with Gasteiger partial charge in [0.1, 0.15) is 5.82 Å². The highest BCUT2D eigenvalue weighted by Gasteiger charge is 2.16. The maximum absolute atomic E-state index is 11.5. The van der Waals surface area contributed by atoms with Crippen molar-refractivity contribution in [3.05, 3.63) is 65.0 Å². The lowest BCUT2D eigenvalue weighted by Crippen LogP contribution is -2.07. The number of carboxylic acid groups (broad SMARTS) is 1. The number of benzene rings is 2. The van der Waals surface area contributed by atoms with Crippen LogP contribution in [0.2, 0.25) is 0 Å². The van der Waals surface area contributed by atoms with Gasteiger partial charge in [0.25, 0.3) is 0 Å². The second kappa shape index (κ2) is 5.05. The third-order valence-corrected chi connectivity index (χ3v) is 3.78. The topological polar surface area (TPSA) is 55.1 Å². The number of para-hydroxylation sites is 1. The van der Waals surface area contributed by atoms with E-state index in [1.54, 1.807) is 12.1 Å². The molecular weight excluding hydrogens is 264 g/mol. The van der Waals surface area contributed by atoms with E-state index in [4.69, 9.17) is 0 Å². The highest BCUT2D eigenvalue weighted by atomic mass is 16.4. The van der Waals surface area contributed by atoms with Gasteiger partial charge in [-0.3, -0.25) is 0 Å². The summed E-state index contributed by atoms with van der Waals surface area (Å²) in [6.07, 6.45) is 0. The highest BCUT2D eigenvalue weighted by Crippen LogP contribution is 2.22. The first-order chi connectivity index (χ1) is 10.1. The minimum Gasteiger partial charge on any atom is -0.478 e. The zero-order valence-electron chi connectivity index (χ0n) is 12.0. The quantitative estimate of drug-likeness (QED) is 0.800. The summed E-state index contributed by atoms with van der Waals surface area (Å²) < 4.78 is 1.97. The van der Waals surface area contributed by atoms with Gasteiger partial charge in [-0.05, 0) is 37.1 Å². The van der Waals surface area contributed by atoms with Gasteiger partial charge in [-0.15, -0.1) is 0 Å². The number of rotatable bonds is 3. The Hall–Kier alpha value is -2.62. The monoisotopic (exact) mass is 280 g/mol. The molecule has 0 spiro atoms. The van der Waals surface area contributed by atoms with Crippen molar-refractivity contribution in [3.63, 3.8) is 0 Å². The standard InChI is InChI=1S/C17H16N2O2/c1-11-6-3-4-7-13(11)10-19-12(2)18-15-9-5-8-14(16(15)19)17(20)21/h3-9H,10H2,1-2H3,(H,20,21). The maximum Gasteiger partial charge on any atom is 0.337 e. The lowest BCUT2D eigenvalue weighted by Gasteiger charge is -2.11. The molecule has 0 aliphatic rings. The van der Waals surface area contributed by atoms with Crippen LogP contribution in [-0.4, -0.2) is 20.6 Å². The van der Waals surface area contributed by atoms with Crippen LogP contribution in [0.1, 0.15) is 27.3 Å². The second-order valence-corrected chi connectivity index (χ2v) is 5.15. The number of carboxylic acids is 1. The summed E-state index contributed by atoms with van der Waals surface area (Å²) in [7, 11) is 0. The van der Waals surface area contributed by atoms with Crippen LogP contribution in [0.3, 0.4) is 0 Å². The summed E-state index contributed by atoms with van der Waals surface area (Å²) in [6.45, 7) is 4.59. The highest BCUT2D eigenvalue weighted by molar-refractivity contribution is 6.01. The normalized spacial score (nSPS) is 11.0. The Morgan fingerprint density at radius 1 is 1.14 bits per heavy atom. The van der Waals surface area contributed by atoms with Crippen LogP contribution in [0, 0.1) is 13.8 Å². The van der Waals surface area contributed by atoms with Crippen molar-refractivity contribution >= 4 is 17.0 Å². The van der Waals surface area contributed by atoms with Gasteiger partial charge in [-0.2, -0.15) is 0 Å². The predicted octanol–water partition coefficient (Wildman–Crippen LogP) is 3.40. The average Bonchev–Trinajstić information content (AvgIpc) is 2.77. The molecule has 4 nitrogen and oxygen atoms in total. The van der Waals surface area contributed by atoms with Gasteiger partial charge in [-0.25, -0.2) is 9.78 Å². The number of nitrogens with zero attached hydrogens (tertiary/aromatic N) is 2. The first kappa shape index (κ1) is 13.4. The van der Waals surface area contributed by atoms with Crippen LogP contribution in [0.15, 0.2) is 42.5 Å². The minimum absolute atomic E-state index is 0.293. The molecular formula is C17H16N2O2. The molecule has 0 saturated heterocycles. The average molecular weight is 280 g/mol. The summed E-state index contributed by atoms with van der Waals surface area (Å²) in [5.74, 6) is -0.103. The molecule has 0 aliphatic carbocycles. The molecule has 1 aromatic heterocycles. The van der Waals surface area contributed by atoms with Crippen LogP contribution in [0.5, 0.6) is 0 Å². The maximum atomic E-state index is 11.5.